The van der Waals surface area contributed by atoms with E-state index in [2.05, 4.69) is 4.74 Å². The Labute approximate surface area is 91.0 Å². The molecule has 1 aromatic rings. The third-order valence-corrected chi connectivity index (χ3v) is 1.82. The number of benzene rings is 1. The van der Waals surface area contributed by atoms with E-state index in [9.17, 15) is 18.0 Å². The number of ketones is 1. The summed E-state index contributed by atoms with van der Waals surface area (Å²) in [6.07, 6.45) is -2.51. The van der Waals surface area contributed by atoms with Crippen molar-refractivity contribution in [1.29, 1.82) is 0 Å². The van der Waals surface area contributed by atoms with Crippen LogP contribution in [0, 0.1) is 5.82 Å². The van der Waals surface area contributed by atoms with Gasteiger partial charge in [-0.25, -0.2) is 13.2 Å². The predicted molar refractivity (Wildman–Crippen MR) is 51.9 cm³/mol. The molecule has 0 heterocycles. The van der Waals surface area contributed by atoms with Gasteiger partial charge < -0.3 is 4.74 Å². The second-order valence-corrected chi connectivity index (χ2v) is 3.25. The van der Waals surface area contributed by atoms with Gasteiger partial charge in [0.2, 0.25) is 0 Å². The normalized spacial score (nSPS) is 10.8. The molecule has 0 aliphatic rings. The van der Waals surface area contributed by atoms with E-state index in [4.69, 9.17) is 0 Å². The second-order valence-electron chi connectivity index (χ2n) is 3.25. The van der Waals surface area contributed by atoms with Gasteiger partial charge in [-0.1, -0.05) is 12.1 Å². The summed E-state index contributed by atoms with van der Waals surface area (Å²) in [6.45, 7) is -1.09. The van der Waals surface area contributed by atoms with Crippen molar-refractivity contribution < 1.29 is 22.7 Å². The molecule has 2 nitrogen and oxygen atoms in total. The number of carbonyl (C=O) groups is 1. The maximum Gasteiger partial charge on any atom is 0.261 e. The molecule has 0 unspecified atom stereocenters. The van der Waals surface area contributed by atoms with Crippen molar-refractivity contribution in [2.45, 2.75) is 12.8 Å². The van der Waals surface area contributed by atoms with Crippen LogP contribution in [0.1, 0.15) is 5.56 Å². The Kier molecular flexibility index (Phi) is 4.98. The summed E-state index contributed by atoms with van der Waals surface area (Å²) in [4.78, 5) is 11.2. The van der Waals surface area contributed by atoms with Crippen molar-refractivity contribution in [2.24, 2.45) is 0 Å². The Balaban J connectivity index is 2.31. The summed E-state index contributed by atoms with van der Waals surface area (Å²) < 4.78 is 40.4. The summed E-state index contributed by atoms with van der Waals surface area (Å²) >= 11 is 0. The molecule has 0 saturated carbocycles. The van der Waals surface area contributed by atoms with Gasteiger partial charge in [0.15, 0.2) is 5.78 Å². The van der Waals surface area contributed by atoms with E-state index in [0.29, 0.717) is 5.56 Å². The number of hydrogen-bond acceptors (Lipinski definition) is 2. The van der Waals surface area contributed by atoms with Crippen LogP contribution in [-0.4, -0.2) is 25.4 Å². The lowest BCUT2D eigenvalue weighted by Gasteiger charge is -2.03. The fourth-order valence-electron chi connectivity index (χ4n) is 1.14. The minimum Gasteiger partial charge on any atom is -0.368 e. The standard InChI is InChI=1S/C11H11F3O2/c12-9-3-1-8(2-4-9)5-10(15)6-16-7-11(13)14/h1-4,11H,5-7H2. The zero-order chi connectivity index (χ0) is 12.0. The summed E-state index contributed by atoms with van der Waals surface area (Å²) in [5.41, 5.74) is 0.632. The molecule has 16 heavy (non-hydrogen) atoms. The lowest BCUT2D eigenvalue weighted by molar-refractivity contribution is -0.124. The topological polar surface area (TPSA) is 26.3 Å². The minimum absolute atomic E-state index is 0.0590. The number of carbonyl (C=O) groups excluding carboxylic acids is 1. The Morgan fingerprint density at radius 3 is 2.44 bits per heavy atom. The van der Waals surface area contributed by atoms with Crippen LogP contribution in [0.4, 0.5) is 13.2 Å². The average molecular weight is 232 g/mol. The van der Waals surface area contributed by atoms with Crippen molar-refractivity contribution in [3.8, 4) is 0 Å². The van der Waals surface area contributed by atoms with Crippen LogP contribution in [0.3, 0.4) is 0 Å². The first-order valence-electron chi connectivity index (χ1n) is 4.70. The Hall–Kier alpha value is -1.36. The van der Waals surface area contributed by atoms with Crippen molar-refractivity contribution in [1.82, 2.24) is 0 Å². The molecule has 0 aromatic heterocycles. The highest BCUT2D eigenvalue weighted by Gasteiger charge is 2.07. The summed E-state index contributed by atoms with van der Waals surface area (Å²) in [5.74, 6) is -0.697. The molecule has 0 fully saturated rings. The van der Waals surface area contributed by atoms with Crippen LogP contribution in [0.2, 0.25) is 0 Å². The summed E-state index contributed by atoms with van der Waals surface area (Å²) in [5, 5.41) is 0. The zero-order valence-corrected chi connectivity index (χ0v) is 8.46. The number of Topliss-reactive ketones (excluding diaryl/α,β-unsaturated/α-hetero) is 1. The van der Waals surface area contributed by atoms with Crippen LogP contribution < -0.4 is 0 Å². The van der Waals surface area contributed by atoms with Gasteiger partial charge >= 0.3 is 0 Å². The molecule has 0 aliphatic heterocycles. The maximum absolute atomic E-state index is 12.5. The molecule has 1 rings (SSSR count). The van der Waals surface area contributed by atoms with Crippen molar-refractivity contribution in [3.05, 3.63) is 35.6 Å². The van der Waals surface area contributed by atoms with Gasteiger partial charge in [-0.3, -0.25) is 4.79 Å². The number of alkyl halides is 2. The van der Waals surface area contributed by atoms with Crippen molar-refractivity contribution >= 4 is 5.78 Å². The Bertz CT molecular complexity index is 336. The van der Waals surface area contributed by atoms with E-state index in [-0.39, 0.29) is 24.6 Å². The smallest absolute Gasteiger partial charge is 0.261 e. The van der Waals surface area contributed by atoms with Crippen molar-refractivity contribution in [3.63, 3.8) is 0 Å². The summed E-state index contributed by atoms with van der Waals surface area (Å²) in [6, 6.07) is 5.42. The van der Waals surface area contributed by atoms with Gasteiger partial charge in [-0.15, -0.1) is 0 Å². The highest BCUT2D eigenvalue weighted by molar-refractivity contribution is 5.82. The molecular formula is C11H11F3O2. The highest BCUT2D eigenvalue weighted by Crippen LogP contribution is 2.04. The fraction of sp³-hybridized carbons (Fsp3) is 0.364. The van der Waals surface area contributed by atoms with Gasteiger partial charge in [-0.05, 0) is 17.7 Å². The molecular weight excluding hydrogens is 221 g/mol. The molecule has 1 aromatic carbocycles. The Morgan fingerprint density at radius 1 is 1.25 bits per heavy atom. The highest BCUT2D eigenvalue weighted by atomic mass is 19.3. The molecule has 0 spiro atoms. The fourth-order valence-corrected chi connectivity index (χ4v) is 1.14. The SMILES string of the molecule is O=C(COCC(F)F)Cc1ccc(F)cc1. The van der Waals surface area contributed by atoms with E-state index in [1.165, 1.54) is 24.3 Å². The predicted octanol–water partition coefficient (Wildman–Crippen LogP) is 2.22. The lowest BCUT2D eigenvalue weighted by atomic mass is 10.1. The molecule has 0 saturated heterocycles. The molecule has 0 aliphatic carbocycles. The first-order chi connectivity index (χ1) is 7.58. The molecule has 88 valence electrons. The van der Waals surface area contributed by atoms with E-state index < -0.39 is 13.0 Å². The van der Waals surface area contributed by atoms with E-state index in [1.807, 2.05) is 0 Å². The third-order valence-electron chi connectivity index (χ3n) is 1.82. The number of rotatable bonds is 6. The van der Waals surface area contributed by atoms with E-state index in [0.717, 1.165) is 0 Å². The van der Waals surface area contributed by atoms with Crippen LogP contribution in [-0.2, 0) is 16.0 Å². The van der Waals surface area contributed by atoms with E-state index >= 15 is 0 Å². The first-order valence-corrected chi connectivity index (χ1v) is 4.70. The van der Waals surface area contributed by atoms with Gasteiger partial charge in [0.05, 0.1) is 0 Å². The molecule has 5 heteroatoms. The van der Waals surface area contributed by atoms with Gasteiger partial charge in [-0.2, -0.15) is 0 Å². The number of ether oxygens (including phenoxy) is 1. The molecule has 0 amide bonds. The minimum atomic E-state index is -2.57. The van der Waals surface area contributed by atoms with Gasteiger partial charge in [0.25, 0.3) is 6.43 Å². The van der Waals surface area contributed by atoms with Crippen LogP contribution in [0.5, 0.6) is 0 Å². The molecule has 0 atom stereocenters. The summed E-state index contributed by atoms with van der Waals surface area (Å²) in [7, 11) is 0. The van der Waals surface area contributed by atoms with Gasteiger partial charge in [0, 0.05) is 6.42 Å². The number of halogens is 3. The largest absolute Gasteiger partial charge is 0.368 e. The van der Waals surface area contributed by atoms with Crippen LogP contribution >= 0.6 is 0 Å². The van der Waals surface area contributed by atoms with Crippen molar-refractivity contribution in [2.75, 3.05) is 13.2 Å². The second kappa shape index (κ2) is 6.27. The molecule has 0 radical (unpaired) electrons. The maximum atomic E-state index is 12.5. The first kappa shape index (κ1) is 12.7. The quantitative estimate of drug-likeness (QED) is 0.751. The Morgan fingerprint density at radius 2 is 1.88 bits per heavy atom. The van der Waals surface area contributed by atoms with Gasteiger partial charge in [0.1, 0.15) is 19.0 Å². The van der Waals surface area contributed by atoms with Crippen LogP contribution in [0.25, 0.3) is 0 Å². The number of hydrogen-bond donors (Lipinski definition) is 0. The average Bonchev–Trinajstić information content (AvgIpc) is 2.21. The monoisotopic (exact) mass is 232 g/mol. The third kappa shape index (κ3) is 4.93. The zero-order valence-electron chi connectivity index (χ0n) is 8.46. The van der Waals surface area contributed by atoms with Crippen LogP contribution in [0.15, 0.2) is 24.3 Å². The molecule has 0 N–H and O–H groups in total. The lowest BCUT2D eigenvalue weighted by Crippen LogP contribution is -2.14. The van der Waals surface area contributed by atoms with E-state index in [1.54, 1.807) is 0 Å². The molecule has 0 bridgehead atoms.